The zero-order chi connectivity index (χ0) is 17.1. The van der Waals surface area contributed by atoms with Crippen LogP contribution in [-0.2, 0) is 6.54 Å². The van der Waals surface area contributed by atoms with Crippen molar-refractivity contribution in [1.82, 2.24) is 15.2 Å². The topological polar surface area (TPSA) is 31.4 Å². The number of nitrogens with zero attached hydrogens (tertiary/aromatic N) is 3. The van der Waals surface area contributed by atoms with E-state index in [1.807, 2.05) is 18.3 Å². The molecule has 0 radical (unpaired) electrons. The second-order valence-electron chi connectivity index (χ2n) is 6.93. The standard InChI is InChI=1S/C20H25ClN4/c21-18-6-2-1-5-17(18)19-14-22-9-12-25(19)15-16-7-8-20(23-13-16)24-10-3-4-11-24/h1-2,5-8,13,19,22H,3-4,9-12,14-15H2. The highest BCUT2D eigenvalue weighted by Crippen LogP contribution is 2.29. The van der Waals surface area contributed by atoms with E-state index in [1.165, 1.54) is 24.0 Å². The van der Waals surface area contributed by atoms with Crippen LogP contribution in [0.15, 0.2) is 42.6 Å². The third-order valence-electron chi connectivity index (χ3n) is 5.24. The van der Waals surface area contributed by atoms with E-state index in [2.05, 4.69) is 39.4 Å². The number of halogens is 1. The number of anilines is 1. The molecule has 2 aliphatic rings. The summed E-state index contributed by atoms with van der Waals surface area (Å²) < 4.78 is 0. The van der Waals surface area contributed by atoms with Crippen molar-refractivity contribution in [2.45, 2.75) is 25.4 Å². The molecule has 25 heavy (non-hydrogen) atoms. The van der Waals surface area contributed by atoms with Gasteiger partial charge in [-0.25, -0.2) is 4.98 Å². The lowest BCUT2D eigenvalue weighted by Gasteiger charge is -2.37. The summed E-state index contributed by atoms with van der Waals surface area (Å²) in [4.78, 5) is 9.58. The molecule has 0 amide bonds. The number of nitrogens with one attached hydrogen (secondary N) is 1. The molecule has 0 aliphatic carbocycles. The van der Waals surface area contributed by atoms with Gasteiger partial charge in [-0.3, -0.25) is 4.90 Å². The van der Waals surface area contributed by atoms with Crippen LogP contribution >= 0.6 is 11.6 Å². The van der Waals surface area contributed by atoms with Crippen LogP contribution < -0.4 is 10.2 Å². The molecule has 2 aromatic rings. The second kappa shape index (κ2) is 7.73. The Hall–Kier alpha value is -1.62. The van der Waals surface area contributed by atoms with Crippen molar-refractivity contribution < 1.29 is 0 Å². The average Bonchev–Trinajstić information content (AvgIpc) is 3.18. The van der Waals surface area contributed by atoms with Crippen LogP contribution in [0.3, 0.4) is 0 Å². The molecule has 4 rings (SSSR count). The summed E-state index contributed by atoms with van der Waals surface area (Å²) in [6, 6.07) is 12.9. The summed E-state index contributed by atoms with van der Waals surface area (Å²) in [6.45, 7) is 6.15. The molecule has 0 bridgehead atoms. The first-order valence-corrected chi connectivity index (χ1v) is 9.58. The predicted molar refractivity (Wildman–Crippen MR) is 103 cm³/mol. The van der Waals surface area contributed by atoms with Crippen LogP contribution in [0.5, 0.6) is 0 Å². The summed E-state index contributed by atoms with van der Waals surface area (Å²) in [5, 5.41) is 4.35. The SMILES string of the molecule is Clc1ccccc1C1CNCCN1Cc1ccc(N2CCCC2)nc1. The van der Waals surface area contributed by atoms with Gasteiger partial charge < -0.3 is 10.2 Å². The van der Waals surface area contributed by atoms with Gasteiger partial charge in [-0.2, -0.15) is 0 Å². The van der Waals surface area contributed by atoms with E-state index < -0.39 is 0 Å². The number of benzene rings is 1. The Morgan fingerprint density at radius 2 is 1.92 bits per heavy atom. The van der Waals surface area contributed by atoms with E-state index in [-0.39, 0.29) is 0 Å². The molecule has 0 saturated carbocycles. The first-order valence-electron chi connectivity index (χ1n) is 9.20. The highest BCUT2D eigenvalue weighted by Gasteiger charge is 2.25. The van der Waals surface area contributed by atoms with Crippen LogP contribution in [0.25, 0.3) is 0 Å². The molecule has 132 valence electrons. The van der Waals surface area contributed by atoms with E-state index >= 15 is 0 Å². The molecule has 1 atom stereocenters. The molecule has 2 aliphatic heterocycles. The number of piperazine rings is 1. The zero-order valence-corrected chi connectivity index (χ0v) is 15.3. The fraction of sp³-hybridized carbons (Fsp3) is 0.450. The smallest absolute Gasteiger partial charge is 0.128 e. The van der Waals surface area contributed by atoms with Gasteiger partial charge in [-0.1, -0.05) is 35.9 Å². The molecule has 2 saturated heterocycles. The molecule has 2 fully saturated rings. The Kier molecular flexibility index (Phi) is 5.20. The molecule has 4 nitrogen and oxygen atoms in total. The number of pyridine rings is 1. The molecule has 3 heterocycles. The molecule has 1 unspecified atom stereocenters. The maximum Gasteiger partial charge on any atom is 0.128 e. The summed E-state index contributed by atoms with van der Waals surface area (Å²) >= 11 is 6.45. The molecular formula is C20H25ClN4. The van der Waals surface area contributed by atoms with E-state index in [0.29, 0.717) is 6.04 Å². The van der Waals surface area contributed by atoms with Gasteiger partial charge in [0.05, 0.1) is 0 Å². The number of aromatic nitrogens is 1. The Bertz CT molecular complexity index is 697. The summed E-state index contributed by atoms with van der Waals surface area (Å²) in [6.07, 6.45) is 4.60. The summed E-state index contributed by atoms with van der Waals surface area (Å²) in [5.74, 6) is 1.12. The fourth-order valence-electron chi connectivity index (χ4n) is 3.87. The maximum absolute atomic E-state index is 6.45. The van der Waals surface area contributed by atoms with Gasteiger partial charge >= 0.3 is 0 Å². The largest absolute Gasteiger partial charge is 0.357 e. The van der Waals surface area contributed by atoms with Gasteiger partial charge in [0, 0.05) is 56.5 Å². The van der Waals surface area contributed by atoms with Gasteiger partial charge in [-0.05, 0) is 36.1 Å². The highest BCUT2D eigenvalue weighted by atomic mass is 35.5. The summed E-state index contributed by atoms with van der Waals surface area (Å²) in [7, 11) is 0. The number of rotatable bonds is 4. The van der Waals surface area contributed by atoms with Crippen LogP contribution in [0.2, 0.25) is 5.02 Å². The van der Waals surface area contributed by atoms with Gasteiger partial charge in [-0.15, -0.1) is 0 Å². The molecule has 1 N–H and O–H groups in total. The molecule has 5 heteroatoms. The quantitative estimate of drug-likeness (QED) is 0.908. The minimum Gasteiger partial charge on any atom is -0.357 e. The van der Waals surface area contributed by atoms with Crippen molar-refractivity contribution in [3.05, 3.63) is 58.7 Å². The first kappa shape index (κ1) is 16.8. The van der Waals surface area contributed by atoms with Crippen molar-refractivity contribution >= 4 is 17.4 Å². The monoisotopic (exact) mass is 356 g/mol. The van der Waals surface area contributed by atoms with E-state index in [9.17, 15) is 0 Å². The van der Waals surface area contributed by atoms with Crippen LogP contribution in [0.4, 0.5) is 5.82 Å². The second-order valence-corrected chi connectivity index (χ2v) is 7.34. The van der Waals surface area contributed by atoms with Crippen molar-refractivity contribution in [1.29, 1.82) is 0 Å². The van der Waals surface area contributed by atoms with Crippen molar-refractivity contribution in [3.63, 3.8) is 0 Å². The van der Waals surface area contributed by atoms with Crippen LogP contribution in [0, 0.1) is 0 Å². The molecule has 1 aromatic carbocycles. The normalized spacial score (nSPS) is 21.6. The number of hydrogen-bond acceptors (Lipinski definition) is 4. The van der Waals surface area contributed by atoms with Crippen LogP contribution in [-0.4, -0.2) is 42.6 Å². The first-order chi connectivity index (χ1) is 12.3. The van der Waals surface area contributed by atoms with Gasteiger partial charge in [0.2, 0.25) is 0 Å². The minimum absolute atomic E-state index is 0.306. The highest BCUT2D eigenvalue weighted by molar-refractivity contribution is 6.31. The Balaban J connectivity index is 1.49. The Morgan fingerprint density at radius 1 is 1.08 bits per heavy atom. The zero-order valence-electron chi connectivity index (χ0n) is 14.5. The third-order valence-corrected chi connectivity index (χ3v) is 5.59. The van der Waals surface area contributed by atoms with Crippen LogP contribution in [0.1, 0.15) is 30.0 Å². The van der Waals surface area contributed by atoms with Gasteiger partial charge in [0.1, 0.15) is 5.82 Å². The van der Waals surface area contributed by atoms with Gasteiger partial charge in [0.25, 0.3) is 0 Å². The van der Waals surface area contributed by atoms with E-state index in [1.54, 1.807) is 0 Å². The molecule has 0 spiro atoms. The van der Waals surface area contributed by atoms with Crippen molar-refractivity contribution in [2.75, 3.05) is 37.6 Å². The average molecular weight is 357 g/mol. The van der Waals surface area contributed by atoms with Crippen molar-refractivity contribution in [3.8, 4) is 0 Å². The molecule has 1 aromatic heterocycles. The predicted octanol–water partition coefficient (Wildman–Crippen LogP) is 3.48. The molecular weight excluding hydrogens is 332 g/mol. The minimum atomic E-state index is 0.306. The van der Waals surface area contributed by atoms with Crippen molar-refractivity contribution in [2.24, 2.45) is 0 Å². The Morgan fingerprint density at radius 3 is 2.68 bits per heavy atom. The summed E-state index contributed by atoms with van der Waals surface area (Å²) in [5.41, 5.74) is 2.47. The van der Waals surface area contributed by atoms with Gasteiger partial charge in [0.15, 0.2) is 0 Å². The Labute approximate surface area is 154 Å². The fourth-order valence-corrected chi connectivity index (χ4v) is 4.13. The lowest BCUT2D eigenvalue weighted by Crippen LogP contribution is -2.45. The maximum atomic E-state index is 6.45. The number of hydrogen-bond donors (Lipinski definition) is 1. The van der Waals surface area contributed by atoms with E-state index in [0.717, 1.165) is 50.1 Å². The lowest BCUT2D eigenvalue weighted by atomic mass is 10.0. The van der Waals surface area contributed by atoms with E-state index in [4.69, 9.17) is 16.6 Å². The lowest BCUT2D eigenvalue weighted by molar-refractivity contribution is 0.153. The third kappa shape index (κ3) is 3.81.